The number of hydrogen-bond acceptors (Lipinski definition) is 3. The first-order valence-electron chi connectivity index (χ1n) is 3.19. The van der Waals surface area contributed by atoms with Crippen LogP contribution in [0.4, 0.5) is 0 Å². The summed E-state index contributed by atoms with van der Waals surface area (Å²) < 4.78 is 4.44. The number of ether oxygens (including phenoxy) is 1. The maximum absolute atomic E-state index is 9.37. The van der Waals surface area contributed by atoms with Crippen molar-refractivity contribution in [2.24, 2.45) is 0 Å². The van der Waals surface area contributed by atoms with Crippen molar-refractivity contribution in [3.63, 3.8) is 0 Å². The minimum Gasteiger partial charge on any atom is -0.505 e. The molecule has 0 heterocycles. The first kappa shape index (κ1) is 12.6. The molecule has 0 aromatic carbocycles. The van der Waals surface area contributed by atoms with Gasteiger partial charge in [0.2, 0.25) is 0 Å². The molecule has 0 aliphatic rings. The highest BCUT2D eigenvalue weighted by Gasteiger charge is 1.80. The average Bonchev–Trinajstić information content (AvgIpc) is 2.02. The summed E-state index contributed by atoms with van der Waals surface area (Å²) >= 11 is 0. The first-order valence-corrected chi connectivity index (χ1v) is 3.19. The second-order valence-electron chi connectivity index (χ2n) is 1.54. The largest absolute Gasteiger partial charge is 0.505 e. The Morgan fingerprint density at radius 1 is 1.64 bits per heavy atom. The van der Waals surface area contributed by atoms with Gasteiger partial charge in [-0.3, -0.25) is 4.79 Å². The van der Waals surface area contributed by atoms with E-state index in [1.54, 1.807) is 6.92 Å². The van der Waals surface area contributed by atoms with Crippen LogP contribution in [0.25, 0.3) is 0 Å². The van der Waals surface area contributed by atoms with Crippen LogP contribution < -0.4 is 0 Å². The lowest BCUT2D eigenvalue weighted by Gasteiger charge is -1.80. The highest BCUT2D eigenvalue weighted by atomic mass is 16.5. The van der Waals surface area contributed by atoms with E-state index in [1.165, 1.54) is 19.4 Å². The van der Waals surface area contributed by atoms with Gasteiger partial charge in [-0.2, -0.15) is 0 Å². The molecule has 0 aromatic heterocycles. The molecule has 4 nitrogen and oxygen atoms in total. The normalized spacial score (nSPS) is 8.64. The first-order chi connectivity index (χ1) is 5.18. The molecule has 0 atom stereocenters. The van der Waals surface area contributed by atoms with E-state index in [4.69, 9.17) is 10.2 Å². The summed E-state index contributed by atoms with van der Waals surface area (Å²) in [6, 6.07) is 0. The van der Waals surface area contributed by atoms with Crippen molar-refractivity contribution in [2.45, 2.75) is 13.3 Å². The molecule has 0 rings (SSSR count). The van der Waals surface area contributed by atoms with Gasteiger partial charge in [-0.05, 0) is 6.08 Å². The highest BCUT2D eigenvalue weighted by molar-refractivity contribution is 5.66. The van der Waals surface area contributed by atoms with E-state index >= 15 is 0 Å². The molecule has 0 aromatic rings. The lowest BCUT2D eigenvalue weighted by molar-refractivity contribution is -0.136. The summed E-state index contributed by atoms with van der Waals surface area (Å²) in [5.41, 5.74) is 0. The van der Waals surface area contributed by atoms with E-state index in [9.17, 15) is 4.79 Å². The zero-order valence-electron chi connectivity index (χ0n) is 6.78. The Balaban J connectivity index is 0. The molecule has 0 radical (unpaired) electrons. The molecular weight excluding hydrogens is 148 g/mol. The fourth-order valence-corrected chi connectivity index (χ4v) is 0.139. The van der Waals surface area contributed by atoms with Crippen LogP contribution in [0, 0.1) is 0 Å². The van der Waals surface area contributed by atoms with Crippen molar-refractivity contribution in [3.8, 4) is 0 Å². The van der Waals surface area contributed by atoms with E-state index in [2.05, 4.69) is 4.74 Å². The Kier molecular flexibility index (Phi) is 13.5. The molecule has 11 heavy (non-hydrogen) atoms. The van der Waals surface area contributed by atoms with Crippen LogP contribution in [0.5, 0.6) is 0 Å². The topological polar surface area (TPSA) is 66.8 Å². The van der Waals surface area contributed by atoms with E-state index in [0.717, 1.165) is 0 Å². The second-order valence-corrected chi connectivity index (χ2v) is 1.54. The fraction of sp³-hybridized carbons (Fsp3) is 0.571. The molecular formula is C7H14O4. The van der Waals surface area contributed by atoms with Crippen LogP contribution in [0.3, 0.4) is 0 Å². The van der Waals surface area contributed by atoms with Gasteiger partial charge in [0.25, 0.3) is 0 Å². The van der Waals surface area contributed by atoms with Gasteiger partial charge >= 0.3 is 5.97 Å². The average molecular weight is 162 g/mol. The molecule has 0 fully saturated rings. The van der Waals surface area contributed by atoms with Gasteiger partial charge in [0, 0.05) is 6.42 Å². The monoisotopic (exact) mass is 162 g/mol. The summed E-state index contributed by atoms with van der Waals surface area (Å²) in [6.45, 7) is 1.65. The number of aliphatic hydroxyl groups is 1. The lowest BCUT2D eigenvalue weighted by Crippen LogP contribution is -1.86. The molecule has 66 valence electrons. The predicted molar refractivity (Wildman–Crippen MR) is 41.2 cm³/mol. The number of hydrogen-bond donors (Lipinski definition) is 2. The Labute approximate surface area is 66.1 Å². The zero-order chi connectivity index (χ0) is 9.11. The van der Waals surface area contributed by atoms with Crippen molar-refractivity contribution in [1.82, 2.24) is 0 Å². The van der Waals surface area contributed by atoms with Gasteiger partial charge in [-0.1, -0.05) is 6.92 Å². The standard InChI is InChI=1S/C4H8O2.C3H6O2/c1-6-4-2-3-5;1-2-3(4)5/h2,4-5H,3H2,1H3;2H2,1H3,(H,4,5). The number of aliphatic carboxylic acids is 1. The van der Waals surface area contributed by atoms with Crippen LogP contribution in [-0.2, 0) is 9.53 Å². The molecule has 0 aliphatic heterocycles. The molecule has 0 aliphatic carbocycles. The fourth-order valence-electron chi connectivity index (χ4n) is 0.139. The number of rotatable bonds is 3. The minimum absolute atomic E-state index is 0.0494. The molecule has 2 N–H and O–H groups in total. The smallest absolute Gasteiger partial charge is 0.303 e. The summed E-state index contributed by atoms with van der Waals surface area (Å²) in [5, 5.41) is 15.8. The maximum Gasteiger partial charge on any atom is 0.303 e. The molecule has 0 spiro atoms. The van der Waals surface area contributed by atoms with Crippen molar-refractivity contribution in [2.75, 3.05) is 13.7 Å². The van der Waals surface area contributed by atoms with E-state index in [1.807, 2.05) is 0 Å². The van der Waals surface area contributed by atoms with Crippen LogP contribution >= 0.6 is 0 Å². The van der Waals surface area contributed by atoms with Crippen molar-refractivity contribution in [3.05, 3.63) is 12.3 Å². The Morgan fingerprint density at radius 3 is 2.18 bits per heavy atom. The van der Waals surface area contributed by atoms with Crippen molar-refractivity contribution < 1.29 is 19.7 Å². The van der Waals surface area contributed by atoms with Crippen molar-refractivity contribution in [1.29, 1.82) is 0 Å². The van der Waals surface area contributed by atoms with Gasteiger partial charge in [-0.15, -0.1) is 0 Å². The van der Waals surface area contributed by atoms with Crippen LogP contribution in [-0.4, -0.2) is 29.9 Å². The SMILES string of the molecule is CCC(=O)O.COC=CCO. The molecule has 0 unspecified atom stereocenters. The summed E-state index contributed by atoms with van der Waals surface area (Å²) in [5.74, 6) is -0.745. The second kappa shape index (κ2) is 11.7. The van der Waals surface area contributed by atoms with Crippen LogP contribution in [0.1, 0.15) is 13.3 Å². The summed E-state index contributed by atoms with van der Waals surface area (Å²) in [7, 11) is 1.53. The molecule has 4 heteroatoms. The number of carbonyl (C=O) groups is 1. The number of carboxylic acid groups (broad SMARTS) is 1. The van der Waals surface area contributed by atoms with Gasteiger partial charge < -0.3 is 14.9 Å². The van der Waals surface area contributed by atoms with Gasteiger partial charge in [0.15, 0.2) is 0 Å². The number of methoxy groups -OCH3 is 1. The lowest BCUT2D eigenvalue weighted by atomic mass is 10.5. The Hall–Kier alpha value is -1.03. The van der Waals surface area contributed by atoms with Crippen molar-refractivity contribution >= 4 is 5.97 Å². The molecule has 0 saturated carbocycles. The van der Waals surface area contributed by atoms with Gasteiger partial charge in [0.05, 0.1) is 20.0 Å². The number of aliphatic hydroxyl groups excluding tert-OH is 1. The van der Waals surface area contributed by atoms with E-state index in [-0.39, 0.29) is 13.0 Å². The zero-order valence-corrected chi connectivity index (χ0v) is 6.78. The van der Waals surface area contributed by atoms with E-state index < -0.39 is 5.97 Å². The summed E-state index contributed by atoms with van der Waals surface area (Å²) in [6.07, 6.45) is 3.17. The third-order valence-electron chi connectivity index (χ3n) is 0.640. The molecule has 0 saturated heterocycles. The third-order valence-corrected chi connectivity index (χ3v) is 0.640. The molecule has 0 bridgehead atoms. The minimum atomic E-state index is -0.745. The Bertz CT molecular complexity index is 103. The van der Waals surface area contributed by atoms with Gasteiger partial charge in [0.1, 0.15) is 0 Å². The van der Waals surface area contributed by atoms with Crippen LogP contribution in [0.2, 0.25) is 0 Å². The van der Waals surface area contributed by atoms with Gasteiger partial charge in [-0.25, -0.2) is 0 Å². The Morgan fingerprint density at radius 2 is 2.09 bits per heavy atom. The highest BCUT2D eigenvalue weighted by Crippen LogP contribution is 1.67. The molecule has 0 amide bonds. The quantitative estimate of drug-likeness (QED) is 0.597. The number of carboxylic acids is 1. The maximum atomic E-state index is 9.37. The van der Waals surface area contributed by atoms with E-state index in [0.29, 0.717) is 0 Å². The third kappa shape index (κ3) is 27.6. The summed E-state index contributed by atoms with van der Waals surface area (Å²) in [4.78, 5) is 9.37. The predicted octanol–water partition coefficient (Wildman–Crippen LogP) is 0.620. The van der Waals surface area contributed by atoms with Crippen LogP contribution in [0.15, 0.2) is 12.3 Å².